The second-order valence-electron chi connectivity index (χ2n) is 21.2. The van der Waals surface area contributed by atoms with E-state index in [0.717, 1.165) is 0 Å². The van der Waals surface area contributed by atoms with Gasteiger partial charge in [0.1, 0.15) is 0 Å². The maximum Gasteiger partial charge on any atom is 0.0543 e. The second kappa shape index (κ2) is 13.9. The minimum atomic E-state index is -0.206. The van der Waals surface area contributed by atoms with Gasteiger partial charge in [-0.2, -0.15) is 0 Å². The molecule has 330 valence electrons. The largest absolute Gasteiger partial charge is 0.309 e. The first-order chi connectivity index (χ1) is 32.9. The molecule has 0 bridgehead atoms. The first kappa shape index (κ1) is 40.4. The molecule has 68 heavy (non-hydrogen) atoms. The minimum absolute atomic E-state index is 0.206. The lowest BCUT2D eigenvalue weighted by molar-refractivity contribution is 0.633. The molecule has 0 spiro atoms. The summed E-state index contributed by atoms with van der Waals surface area (Å²) in [6, 6.07) is 61.2. The van der Waals surface area contributed by atoms with E-state index < -0.39 is 0 Å². The third-order valence-electron chi connectivity index (χ3n) is 16.1. The topological polar surface area (TPSA) is 6.48 Å². The first-order valence-corrected chi connectivity index (χ1v) is 26.0. The van der Waals surface area contributed by atoms with E-state index in [1.807, 2.05) is 22.7 Å². The van der Waals surface area contributed by atoms with E-state index in [2.05, 4.69) is 223 Å². The van der Waals surface area contributed by atoms with Crippen molar-refractivity contribution >= 4 is 129 Å². The highest BCUT2D eigenvalue weighted by Crippen LogP contribution is 2.59. The lowest BCUT2D eigenvalue weighted by atomic mass is 9.73. The zero-order valence-corrected chi connectivity index (χ0v) is 41.5. The molecule has 0 atom stereocenters. The number of thiophene rings is 2. The molecule has 0 fully saturated rings. The third-order valence-corrected chi connectivity index (χ3v) is 18.4. The summed E-state index contributed by atoms with van der Waals surface area (Å²) in [5, 5.41) is 13.4. The molecule has 2 aliphatic rings. The average molecular weight is 913 g/mol. The molecular formula is C64H52N2S2. The van der Waals surface area contributed by atoms with Crippen molar-refractivity contribution < 1.29 is 0 Å². The molecule has 0 saturated heterocycles. The van der Waals surface area contributed by atoms with Gasteiger partial charge in [0.25, 0.3) is 0 Å². The highest BCUT2D eigenvalue weighted by atomic mass is 32.1. The standard InChI is InChI=1S/C64H52N2S2/c1-35(2)43-31-53(65-51-21-13-11-19-47(51)63(5,6)49-29-45-37-17-9-15-23-57(37)67-59(45)33-55(49)65)41-28-26-40-44(36(3)4)32-54(42-27-25-39(43)61(41)62(40)42)66-52-22-14-12-20-48(52)64(7,8)50-30-46-38-18-10-16-24-58(38)68-60(46)34-56(50)66/h9-36H,1-8H3. The van der Waals surface area contributed by atoms with Gasteiger partial charge in [0.2, 0.25) is 0 Å². The van der Waals surface area contributed by atoms with Crippen LogP contribution in [0.15, 0.2) is 158 Å². The van der Waals surface area contributed by atoms with Crippen LogP contribution in [0, 0.1) is 0 Å². The normalized spacial score (nSPS) is 15.2. The van der Waals surface area contributed by atoms with Crippen molar-refractivity contribution in [3.8, 4) is 0 Å². The first-order valence-electron chi connectivity index (χ1n) is 24.4. The summed E-state index contributed by atoms with van der Waals surface area (Å²) in [5.41, 5.74) is 15.4. The van der Waals surface area contributed by atoms with Crippen LogP contribution in [0.2, 0.25) is 0 Å². The van der Waals surface area contributed by atoms with Gasteiger partial charge in [-0.05, 0) is 127 Å². The monoisotopic (exact) mass is 912 g/mol. The van der Waals surface area contributed by atoms with Crippen LogP contribution in [0.25, 0.3) is 72.7 Å². The third kappa shape index (κ3) is 5.28. The molecule has 0 unspecified atom stereocenters. The molecule has 0 N–H and O–H groups in total. The van der Waals surface area contributed by atoms with Gasteiger partial charge >= 0.3 is 0 Å². The molecule has 12 aromatic rings. The smallest absolute Gasteiger partial charge is 0.0543 e. The van der Waals surface area contributed by atoms with E-state index in [0.29, 0.717) is 11.8 Å². The average Bonchev–Trinajstić information content (AvgIpc) is 3.90. The number of benzene rings is 10. The lowest BCUT2D eigenvalue weighted by Gasteiger charge is -2.43. The molecule has 2 nitrogen and oxygen atoms in total. The van der Waals surface area contributed by atoms with Gasteiger partial charge in [-0.25, -0.2) is 0 Å². The van der Waals surface area contributed by atoms with Crippen molar-refractivity contribution in [2.24, 2.45) is 0 Å². The Balaban J connectivity index is 1.10. The Kier molecular flexibility index (Phi) is 8.27. The quantitative estimate of drug-likeness (QED) is 0.162. The number of para-hydroxylation sites is 2. The fourth-order valence-corrected chi connectivity index (χ4v) is 14.9. The second-order valence-corrected chi connectivity index (χ2v) is 23.4. The summed E-state index contributed by atoms with van der Waals surface area (Å²) in [4.78, 5) is 5.27. The van der Waals surface area contributed by atoms with Crippen LogP contribution >= 0.6 is 22.7 Å². The minimum Gasteiger partial charge on any atom is -0.309 e. The van der Waals surface area contributed by atoms with Crippen molar-refractivity contribution in [3.05, 3.63) is 191 Å². The van der Waals surface area contributed by atoms with Gasteiger partial charge in [0.05, 0.1) is 34.1 Å². The summed E-state index contributed by atoms with van der Waals surface area (Å²) >= 11 is 3.82. The SMILES string of the molecule is CC(C)c1cc(N2c3ccccc3C(C)(C)c3cc4c(cc32)sc2ccccc24)c2ccc3c(C(C)C)cc(N4c5ccccc5C(C)(C)c5cc6c(cc54)sc4ccccc46)c4ccc1c2c34. The number of hydrogen-bond donors (Lipinski definition) is 0. The van der Waals surface area contributed by atoms with E-state index >= 15 is 0 Å². The predicted molar refractivity (Wildman–Crippen MR) is 298 cm³/mol. The molecule has 4 heteroatoms. The zero-order chi connectivity index (χ0) is 46.1. The summed E-state index contributed by atoms with van der Waals surface area (Å²) in [6.45, 7) is 19.2. The lowest BCUT2D eigenvalue weighted by Crippen LogP contribution is -2.31. The Labute approximate surface area is 406 Å². The number of hydrogen-bond acceptors (Lipinski definition) is 4. The molecule has 0 amide bonds. The van der Waals surface area contributed by atoms with Crippen molar-refractivity contribution in [1.82, 2.24) is 0 Å². The fourth-order valence-electron chi connectivity index (χ4n) is 12.7. The van der Waals surface area contributed by atoms with Crippen LogP contribution < -0.4 is 9.80 Å². The Morgan fingerprint density at radius 3 is 1.13 bits per heavy atom. The summed E-state index contributed by atoms with van der Waals surface area (Å²) < 4.78 is 5.33. The van der Waals surface area contributed by atoms with Crippen LogP contribution in [0.3, 0.4) is 0 Å². The van der Waals surface area contributed by atoms with E-state index in [1.165, 1.54) is 140 Å². The zero-order valence-electron chi connectivity index (χ0n) is 39.9. The van der Waals surface area contributed by atoms with Crippen LogP contribution in [-0.2, 0) is 10.8 Å². The van der Waals surface area contributed by atoms with Crippen molar-refractivity contribution in [2.45, 2.75) is 78.1 Å². The number of nitrogens with zero attached hydrogens (tertiary/aromatic N) is 2. The molecule has 0 saturated carbocycles. The number of fused-ring (bicyclic) bond motifs is 10. The fraction of sp³-hybridized carbons (Fsp3) is 0.188. The van der Waals surface area contributed by atoms with Gasteiger partial charge < -0.3 is 9.80 Å². The van der Waals surface area contributed by atoms with E-state index in [-0.39, 0.29) is 10.8 Å². The van der Waals surface area contributed by atoms with Crippen LogP contribution in [0.5, 0.6) is 0 Å². The Morgan fingerprint density at radius 2 is 0.706 bits per heavy atom. The van der Waals surface area contributed by atoms with Crippen molar-refractivity contribution in [1.29, 1.82) is 0 Å². The molecule has 2 aliphatic heterocycles. The highest BCUT2D eigenvalue weighted by Gasteiger charge is 2.40. The van der Waals surface area contributed by atoms with Crippen LogP contribution in [0.4, 0.5) is 34.1 Å². The van der Waals surface area contributed by atoms with Gasteiger partial charge in [-0.1, -0.05) is 152 Å². The Hall–Kier alpha value is -6.72. The Morgan fingerprint density at radius 1 is 0.324 bits per heavy atom. The maximum absolute atomic E-state index is 2.64. The molecule has 14 rings (SSSR count). The molecule has 0 radical (unpaired) electrons. The van der Waals surface area contributed by atoms with Crippen molar-refractivity contribution in [3.63, 3.8) is 0 Å². The van der Waals surface area contributed by atoms with E-state index in [4.69, 9.17) is 0 Å². The van der Waals surface area contributed by atoms with Gasteiger partial charge in [-0.15, -0.1) is 22.7 Å². The van der Waals surface area contributed by atoms with Gasteiger partial charge in [-0.3, -0.25) is 0 Å². The molecular weight excluding hydrogens is 861 g/mol. The maximum atomic E-state index is 2.64. The van der Waals surface area contributed by atoms with Gasteiger partial charge in [0.15, 0.2) is 0 Å². The molecule has 2 aromatic heterocycles. The van der Waals surface area contributed by atoms with E-state index in [1.54, 1.807) is 0 Å². The van der Waals surface area contributed by atoms with Crippen molar-refractivity contribution in [2.75, 3.05) is 9.80 Å². The predicted octanol–water partition coefficient (Wildman–Crippen LogP) is 19.8. The molecule has 4 heterocycles. The van der Waals surface area contributed by atoms with Crippen LogP contribution in [-0.4, -0.2) is 0 Å². The molecule has 0 aliphatic carbocycles. The number of rotatable bonds is 4. The summed E-state index contributed by atoms with van der Waals surface area (Å²) in [7, 11) is 0. The number of anilines is 6. The summed E-state index contributed by atoms with van der Waals surface area (Å²) in [5.74, 6) is 0.602. The Bertz CT molecular complexity index is 3850. The van der Waals surface area contributed by atoms with Crippen LogP contribution in [0.1, 0.15) is 101 Å². The van der Waals surface area contributed by atoms with Gasteiger partial charge in [0, 0.05) is 61.9 Å². The van der Waals surface area contributed by atoms with E-state index in [9.17, 15) is 0 Å². The highest BCUT2D eigenvalue weighted by molar-refractivity contribution is 7.26. The summed E-state index contributed by atoms with van der Waals surface area (Å²) in [6.07, 6.45) is 0. The molecule has 10 aromatic carbocycles.